The maximum atomic E-state index is 11.0. The summed E-state index contributed by atoms with van der Waals surface area (Å²) in [6.07, 6.45) is -1.28. The van der Waals surface area contributed by atoms with Crippen LogP contribution >= 0.6 is 28.6 Å². The molecule has 0 radical (unpaired) electrons. The van der Waals surface area contributed by atoms with E-state index in [1.807, 2.05) is 0 Å². The summed E-state index contributed by atoms with van der Waals surface area (Å²) in [4.78, 5) is 11.0. The number of thiol groups is 1. The molecule has 2 atom stereocenters. The van der Waals surface area contributed by atoms with Gasteiger partial charge in [0.1, 0.15) is 11.9 Å². The first-order valence-electron chi connectivity index (χ1n) is 6.54. The van der Waals surface area contributed by atoms with Gasteiger partial charge in [0.05, 0.1) is 18.5 Å². The molecule has 5 nitrogen and oxygen atoms in total. The molecule has 0 aliphatic heterocycles. The summed E-state index contributed by atoms with van der Waals surface area (Å²) in [5, 5.41) is 20.2. The normalized spacial score (nSPS) is 13.7. The van der Waals surface area contributed by atoms with Gasteiger partial charge in [-0.25, -0.2) is 0 Å². The molecule has 0 unspecified atom stereocenters. The van der Waals surface area contributed by atoms with Crippen LogP contribution < -0.4 is 0 Å². The number of carbonyl (C=O) groups is 1. The van der Waals surface area contributed by atoms with Crippen molar-refractivity contribution in [2.75, 3.05) is 19.0 Å². The van der Waals surface area contributed by atoms with Crippen LogP contribution in [0.15, 0.2) is 22.7 Å². The predicted molar refractivity (Wildman–Crippen MR) is 85.6 cm³/mol. The van der Waals surface area contributed by atoms with Crippen molar-refractivity contribution < 1.29 is 24.5 Å². The average molecular weight is 379 g/mol. The second-order valence-corrected chi connectivity index (χ2v) is 5.54. The molecule has 1 aromatic carbocycles. The highest BCUT2D eigenvalue weighted by atomic mass is 79.9. The number of ether oxygens (including phenoxy) is 2. The van der Waals surface area contributed by atoms with Crippen molar-refractivity contribution in [1.82, 2.24) is 0 Å². The lowest BCUT2D eigenvalue weighted by Crippen LogP contribution is -2.25. The number of aliphatic hydroxyl groups excluding tert-OH is 1. The van der Waals surface area contributed by atoms with E-state index in [1.54, 1.807) is 19.1 Å². The van der Waals surface area contributed by atoms with Crippen molar-refractivity contribution >= 4 is 34.5 Å². The Morgan fingerprint density at radius 1 is 1.48 bits per heavy atom. The minimum atomic E-state index is -1.02. The predicted octanol–water partition coefficient (Wildman–Crippen LogP) is 2.46. The minimum absolute atomic E-state index is 0.00821. The zero-order chi connectivity index (χ0) is 15.8. The van der Waals surface area contributed by atoms with Crippen molar-refractivity contribution in [3.8, 4) is 5.75 Å². The maximum Gasteiger partial charge on any atom is 0.315 e. The molecule has 2 N–H and O–H groups in total. The lowest BCUT2D eigenvalue weighted by Gasteiger charge is -2.23. The van der Waals surface area contributed by atoms with Gasteiger partial charge in [0.15, 0.2) is 0 Å². The van der Waals surface area contributed by atoms with E-state index in [1.165, 1.54) is 6.07 Å². The molecule has 118 valence electrons. The van der Waals surface area contributed by atoms with Gasteiger partial charge in [0.2, 0.25) is 0 Å². The van der Waals surface area contributed by atoms with E-state index in [0.29, 0.717) is 18.6 Å². The minimum Gasteiger partial charge on any atom is -0.508 e. The van der Waals surface area contributed by atoms with E-state index in [0.717, 1.165) is 4.47 Å². The van der Waals surface area contributed by atoms with Crippen LogP contribution in [0.1, 0.15) is 25.0 Å². The molecule has 0 saturated carbocycles. The fourth-order valence-electron chi connectivity index (χ4n) is 1.84. The van der Waals surface area contributed by atoms with Crippen LogP contribution in [-0.2, 0) is 14.3 Å². The summed E-state index contributed by atoms with van der Waals surface area (Å²) in [5.74, 6) is -0.426. The molecule has 0 bridgehead atoms. The Hall–Kier alpha value is -0.760. The molecule has 0 spiro atoms. The number of rotatable bonds is 8. The van der Waals surface area contributed by atoms with Gasteiger partial charge in [0.25, 0.3) is 0 Å². The fraction of sp³-hybridized carbons (Fsp3) is 0.500. The van der Waals surface area contributed by atoms with Crippen molar-refractivity contribution in [2.45, 2.75) is 25.6 Å². The molecule has 0 aliphatic rings. The van der Waals surface area contributed by atoms with Gasteiger partial charge in [-0.2, -0.15) is 12.6 Å². The van der Waals surface area contributed by atoms with Gasteiger partial charge in [-0.1, -0.05) is 15.9 Å². The monoisotopic (exact) mass is 378 g/mol. The second kappa shape index (κ2) is 9.30. The molecule has 1 rings (SSSR count). The number of aliphatic hydroxyl groups is 1. The largest absolute Gasteiger partial charge is 0.508 e. The molecule has 0 heterocycles. The number of carbonyl (C=O) groups excluding carboxylic acids is 1. The molecule has 1 aromatic rings. The highest BCUT2D eigenvalue weighted by molar-refractivity contribution is 9.10. The number of hydrogen-bond acceptors (Lipinski definition) is 6. The highest BCUT2D eigenvalue weighted by Crippen LogP contribution is 2.31. The average Bonchev–Trinajstić information content (AvgIpc) is 2.47. The molecule has 0 saturated heterocycles. The van der Waals surface area contributed by atoms with Gasteiger partial charge in [-0.05, 0) is 25.1 Å². The molecule has 0 amide bonds. The molecular formula is C14H19BrO5S. The van der Waals surface area contributed by atoms with E-state index < -0.39 is 18.2 Å². The smallest absolute Gasteiger partial charge is 0.315 e. The lowest BCUT2D eigenvalue weighted by atomic mass is 10.0. The number of hydrogen-bond donors (Lipinski definition) is 3. The number of aromatic hydroxyl groups is 1. The lowest BCUT2D eigenvalue weighted by molar-refractivity contribution is -0.142. The third-order valence-corrected chi connectivity index (χ3v) is 3.59. The van der Waals surface area contributed by atoms with Gasteiger partial charge in [0, 0.05) is 23.1 Å². The van der Waals surface area contributed by atoms with Gasteiger partial charge >= 0.3 is 5.97 Å². The van der Waals surface area contributed by atoms with Gasteiger partial charge in [-0.15, -0.1) is 0 Å². The SMILES string of the molecule is CCO[C@H](CCOC(=O)CS)[C@H](O)c1cc(Br)ccc1O. The first-order chi connectivity index (χ1) is 9.99. The molecular weight excluding hydrogens is 360 g/mol. The van der Waals surface area contributed by atoms with Crippen LogP contribution in [0.2, 0.25) is 0 Å². The number of phenols is 1. The summed E-state index contributed by atoms with van der Waals surface area (Å²) < 4.78 is 11.2. The highest BCUT2D eigenvalue weighted by Gasteiger charge is 2.24. The first kappa shape index (κ1) is 18.3. The molecule has 21 heavy (non-hydrogen) atoms. The molecule has 0 aliphatic carbocycles. The number of halogens is 1. The number of benzene rings is 1. The van der Waals surface area contributed by atoms with Crippen molar-refractivity contribution in [2.24, 2.45) is 0 Å². The Balaban J connectivity index is 2.74. The van der Waals surface area contributed by atoms with Crippen LogP contribution in [0.25, 0.3) is 0 Å². The summed E-state index contributed by atoms with van der Waals surface area (Å²) in [6.45, 7) is 2.33. The maximum absolute atomic E-state index is 11.0. The van der Waals surface area contributed by atoms with Crippen LogP contribution in [0.3, 0.4) is 0 Å². The van der Waals surface area contributed by atoms with E-state index in [2.05, 4.69) is 28.6 Å². The number of phenolic OH excluding ortho intramolecular Hbond substituents is 1. The summed E-state index contributed by atoms with van der Waals surface area (Å²) in [7, 11) is 0. The Morgan fingerprint density at radius 3 is 2.81 bits per heavy atom. The number of esters is 1. The van der Waals surface area contributed by atoms with Crippen LogP contribution in [0.4, 0.5) is 0 Å². The first-order valence-corrected chi connectivity index (χ1v) is 7.96. The standard InChI is InChI=1S/C14H19BrO5S/c1-2-19-12(5-6-20-13(17)8-21)14(18)10-7-9(15)3-4-11(10)16/h3-4,7,12,14,16,18,21H,2,5-6,8H2,1H3/t12-,14-/m1/s1. The van der Waals surface area contributed by atoms with E-state index in [-0.39, 0.29) is 18.1 Å². The zero-order valence-corrected chi connectivity index (χ0v) is 14.1. The summed E-state index contributed by atoms with van der Waals surface area (Å²) >= 11 is 7.10. The van der Waals surface area contributed by atoms with E-state index in [4.69, 9.17) is 9.47 Å². The van der Waals surface area contributed by atoms with Crippen molar-refractivity contribution in [3.05, 3.63) is 28.2 Å². The quantitative estimate of drug-likeness (QED) is 0.478. The molecule has 0 fully saturated rings. The topological polar surface area (TPSA) is 76.0 Å². The Bertz CT molecular complexity index is 469. The summed E-state index contributed by atoms with van der Waals surface area (Å²) in [6, 6.07) is 4.80. The van der Waals surface area contributed by atoms with Crippen molar-refractivity contribution in [1.29, 1.82) is 0 Å². The third kappa shape index (κ3) is 5.86. The van der Waals surface area contributed by atoms with E-state index in [9.17, 15) is 15.0 Å². The summed E-state index contributed by atoms with van der Waals surface area (Å²) in [5.41, 5.74) is 0.364. The Morgan fingerprint density at radius 2 is 2.19 bits per heavy atom. The Kier molecular flexibility index (Phi) is 8.10. The van der Waals surface area contributed by atoms with E-state index >= 15 is 0 Å². The van der Waals surface area contributed by atoms with Crippen LogP contribution in [-0.4, -0.2) is 41.3 Å². The van der Waals surface area contributed by atoms with Gasteiger partial charge in [-0.3, -0.25) is 4.79 Å². The Labute approximate surface area is 137 Å². The molecule has 0 aromatic heterocycles. The van der Waals surface area contributed by atoms with Crippen molar-refractivity contribution in [3.63, 3.8) is 0 Å². The van der Waals surface area contributed by atoms with Gasteiger partial charge < -0.3 is 19.7 Å². The molecule has 7 heteroatoms. The zero-order valence-electron chi connectivity index (χ0n) is 11.7. The third-order valence-electron chi connectivity index (χ3n) is 2.84. The van der Waals surface area contributed by atoms with Crippen LogP contribution in [0, 0.1) is 0 Å². The fourth-order valence-corrected chi connectivity index (χ4v) is 2.31. The van der Waals surface area contributed by atoms with Crippen LogP contribution in [0.5, 0.6) is 5.75 Å². The second-order valence-electron chi connectivity index (χ2n) is 4.31.